The Morgan fingerprint density at radius 1 is 0.467 bits per heavy atom. The van der Waals surface area contributed by atoms with Crippen molar-refractivity contribution in [2.45, 2.75) is 298 Å². The molecule has 1 amide bonds. The van der Waals surface area contributed by atoms with E-state index in [0.717, 1.165) is 57.8 Å². The Hall–Kier alpha value is -1.73. The first-order chi connectivity index (χ1) is 36.3. The lowest BCUT2D eigenvalue weighted by atomic mass is 9.96. The standard InChI is InChI=1S/C56H103NO18/c1-3-5-7-9-11-13-15-17-18-19-20-21-22-24-26-28-30-32-34-44(62)57-39(40(61)33-31-29-27-25-23-16-14-12-10-8-6-4-2)38-70-54-50(68)47(65)52(42(36-59)72-54)75-56-51(69)48(66)53(43(37-60)73-56)74-55-49(67)46(64)45(63)41(35-58)71-55/h18-19,31,33,39-43,45-56,58-61,63-69H,3-17,20-30,32,34-38H2,1-2H3,(H,57,62)/b19-18-,33-31+. The van der Waals surface area contributed by atoms with E-state index in [1.807, 2.05) is 6.08 Å². The average Bonchev–Trinajstić information content (AvgIpc) is 3.41. The molecule has 3 aliphatic heterocycles. The van der Waals surface area contributed by atoms with Crippen LogP contribution in [0.3, 0.4) is 0 Å². The van der Waals surface area contributed by atoms with Crippen LogP contribution in [0.15, 0.2) is 24.3 Å². The molecule has 3 fully saturated rings. The molecule has 12 N–H and O–H groups in total. The van der Waals surface area contributed by atoms with E-state index in [9.17, 15) is 61.0 Å². The molecule has 0 aromatic carbocycles. The maximum absolute atomic E-state index is 13.3. The average molecular weight is 1080 g/mol. The third-order valence-corrected chi connectivity index (χ3v) is 14.7. The van der Waals surface area contributed by atoms with Crippen molar-refractivity contribution in [3.05, 3.63) is 24.3 Å². The summed E-state index contributed by atoms with van der Waals surface area (Å²) in [7, 11) is 0. The van der Waals surface area contributed by atoms with Gasteiger partial charge in [0.05, 0.1) is 38.6 Å². The first-order valence-electron chi connectivity index (χ1n) is 29.1. The molecular formula is C56H103NO18. The quantitative estimate of drug-likeness (QED) is 0.0298. The summed E-state index contributed by atoms with van der Waals surface area (Å²) in [5.41, 5.74) is 0. The molecule has 3 rings (SSSR count). The molecule has 3 aliphatic rings. The highest BCUT2D eigenvalue weighted by Gasteiger charge is 2.53. The van der Waals surface area contributed by atoms with Crippen LogP contribution in [0, 0.1) is 0 Å². The topological polar surface area (TPSA) is 307 Å². The smallest absolute Gasteiger partial charge is 0.220 e. The third kappa shape index (κ3) is 25.1. The minimum Gasteiger partial charge on any atom is -0.394 e. The van der Waals surface area contributed by atoms with Gasteiger partial charge in [-0.15, -0.1) is 0 Å². The largest absolute Gasteiger partial charge is 0.394 e. The number of ether oxygens (including phenoxy) is 6. The summed E-state index contributed by atoms with van der Waals surface area (Å²) in [4.78, 5) is 13.3. The van der Waals surface area contributed by atoms with Gasteiger partial charge in [-0.25, -0.2) is 0 Å². The summed E-state index contributed by atoms with van der Waals surface area (Å²) >= 11 is 0. The summed E-state index contributed by atoms with van der Waals surface area (Å²) in [6.45, 7) is 1.69. The lowest BCUT2D eigenvalue weighted by molar-refractivity contribution is -0.379. The van der Waals surface area contributed by atoms with Gasteiger partial charge in [-0.1, -0.05) is 167 Å². The van der Waals surface area contributed by atoms with Crippen molar-refractivity contribution in [2.24, 2.45) is 0 Å². The minimum absolute atomic E-state index is 0.240. The predicted molar refractivity (Wildman–Crippen MR) is 282 cm³/mol. The summed E-state index contributed by atoms with van der Waals surface area (Å²) in [6.07, 6.45) is 13.1. The molecule has 3 saturated heterocycles. The van der Waals surface area contributed by atoms with Crippen molar-refractivity contribution in [3.63, 3.8) is 0 Å². The molecule has 3 heterocycles. The molecule has 0 bridgehead atoms. The molecule has 17 unspecified atom stereocenters. The molecule has 75 heavy (non-hydrogen) atoms. The van der Waals surface area contributed by atoms with Crippen molar-refractivity contribution < 1.29 is 89.4 Å². The minimum atomic E-state index is -1.98. The Balaban J connectivity index is 1.51. The van der Waals surface area contributed by atoms with E-state index in [0.29, 0.717) is 6.42 Å². The highest BCUT2D eigenvalue weighted by atomic mass is 16.8. The number of amides is 1. The Morgan fingerprint density at radius 3 is 1.29 bits per heavy atom. The number of hydrogen-bond donors (Lipinski definition) is 12. The molecule has 0 saturated carbocycles. The van der Waals surface area contributed by atoms with Gasteiger partial charge in [0.15, 0.2) is 18.9 Å². The fourth-order valence-electron chi connectivity index (χ4n) is 9.89. The van der Waals surface area contributed by atoms with Gasteiger partial charge in [0.2, 0.25) is 5.91 Å². The predicted octanol–water partition coefficient (Wildman–Crippen LogP) is 4.37. The highest BCUT2D eigenvalue weighted by Crippen LogP contribution is 2.33. The molecule has 0 spiro atoms. The van der Waals surface area contributed by atoms with E-state index in [1.54, 1.807) is 6.08 Å². The van der Waals surface area contributed by atoms with Gasteiger partial charge in [-0.05, 0) is 44.9 Å². The fourth-order valence-corrected chi connectivity index (χ4v) is 9.89. The van der Waals surface area contributed by atoms with E-state index in [-0.39, 0.29) is 18.9 Å². The Bertz CT molecular complexity index is 1480. The van der Waals surface area contributed by atoms with Gasteiger partial charge in [0.25, 0.3) is 0 Å². The zero-order valence-corrected chi connectivity index (χ0v) is 45.5. The normalized spacial score (nSPS) is 31.3. The first kappa shape index (κ1) is 67.5. The van der Waals surface area contributed by atoms with Crippen LogP contribution in [0.2, 0.25) is 0 Å². The van der Waals surface area contributed by atoms with Crippen LogP contribution in [0.4, 0.5) is 0 Å². The zero-order chi connectivity index (χ0) is 54.8. The number of hydrogen-bond acceptors (Lipinski definition) is 18. The second-order valence-corrected chi connectivity index (χ2v) is 21.1. The number of rotatable bonds is 42. The SMILES string of the molecule is CCCCCCCCC/C=C\CCCCCCCCCC(=O)NC(COC1OC(CO)C(OC2OC(CO)C(OC3OC(CO)C(O)C(O)C3O)C(O)C2O)C(O)C1O)C(O)/C=C/CCCCCCCCCCCC. The number of allylic oxidation sites excluding steroid dienone is 3. The van der Waals surface area contributed by atoms with Crippen LogP contribution in [0.1, 0.15) is 194 Å². The van der Waals surface area contributed by atoms with Gasteiger partial charge >= 0.3 is 0 Å². The van der Waals surface area contributed by atoms with E-state index in [1.165, 1.54) is 109 Å². The molecule has 0 aliphatic carbocycles. The van der Waals surface area contributed by atoms with E-state index >= 15 is 0 Å². The third-order valence-electron chi connectivity index (χ3n) is 14.7. The van der Waals surface area contributed by atoms with Crippen LogP contribution < -0.4 is 5.32 Å². The molecule has 17 atom stereocenters. The Morgan fingerprint density at radius 2 is 0.840 bits per heavy atom. The van der Waals surface area contributed by atoms with E-state index in [2.05, 4.69) is 31.3 Å². The maximum atomic E-state index is 13.3. The Labute approximate surface area is 448 Å². The molecule has 0 aromatic heterocycles. The lowest BCUT2D eigenvalue weighted by Gasteiger charge is -2.48. The van der Waals surface area contributed by atoms with Crippen molar-refractivity contribution in [2.75, 3.05) is 26.4 Å². The number of carbonyl (C=O) groups excluding carboxylic acids is 1. The van der Waals surface area contributed by atoms with Gasteiger partial charge in [-0.3, -0.25) is 4.79 Å². The number of nitrogens with one attached hydrogen (secondary N) is 1. The molecular weight excluding hydrogens is 975 g/mol. The molecule has 0 radical (unpaired) electrons. The van der Waals surface area contributed by atoms with Crippen molar-refractivity contribution in [1.82, 2.24) is 5.32 Å². The second-order valence-electron chi connectivity index (χ2n) is 21.1. The second kappa shape index (κ2) is 40.4. The van der Waals surface area contributed by atoms with Gasteiger partial charge in [-0.2, -0.15) is 0 Å². The van der Waals surface area contributed by atoms with Gasteiger partial charge in [0, 0.05) is 6.42 Å². The van der Waals surface area contributed by atoms with Crippen molar-refractivity contribution >= 4 is 5.91 Å². The van der Waals surface area contributed by atoms with Crippen molar-refractivity contribution in [1.29, 1.82) is 0 Å². The van der Waals surface area contributed by atoms with Crippen LogP contribution in [0.5, 0.6) is 0 Å². The molecule has 19 nitrogen and oxygen atoms in total. The van der Waals surface area contributed by atoms with Crippen LogP contribution >= 0.6 is 0 Å². The maximum Gasteiger partial charge on any atom is 0.220 e. The van der Waals surface area contributed by atoms with Gasteiger partial charge in [0.1, 0.15) is 73.2 Å². The summed E-state index contributed by atoms with van der Waals surface area (Å²) in [6, 6.07) is -0.971. The van der Waals surface area contributed by atoms with E-state index in [4.69, 9.17) is 28.4 Å². The summed E-state index contributed by atoms with van der Waals surface area (Å²) in [5, 5.41) is 120. The number of unbranched alkanes of at least 4 members (excludes halogenated alkanes) is 24. The van der Waals surface area contributed by atoms with Crippen molar-refractivity contribution in [3.8, 4) is 0 Å². The Kier molecular flexibility index (Phi) is 36.4. The fraction of sp³-hybridized carbons (Fsp3) is 0.911. The van der Waals surface area contributed by atoms with E-state index < -0.39 is 124 Å². The zero-order valence-electron chi connectivity index (χ0n) is 45.5. The number of carbonyl (C=O) groups is 1. The first-order valence-corrected chi connectivity index (χ1v) is 29.1. The summed E-state index contributed by atoms with van der Waals surface area (Å²) < 4.78 is 34.2. The van der Waals surface area contributed by atoms with Crippen LogP contribution in [-0.2, 0) is 33.2 Å². The number of aliphatic hydroxyl groups excluding tert-OH is 11. The molecule has 440 valence electrons. The highest BCUT2D eigenvalue weighted by molar-refractivity contribution is 5.76. The monoisotopic (exact) mass is 1080 g/mol. The lowest BCUT2D eigenvalue weighted by Crippen LogP contribution is -2.66. The molecule has 0 aromatic rings. The number of aliphatic hydroxyl groups is 11. The summed E-state index contributed by atoms with van der Waals surface area (Å²) in [5.74, 6) is -0.281. The van der Waals surface area contributed by atoms with Crippen LogP contribution in [-0.4, -0.2) is 193 Å². The van der Waals surface area contributed by atoms with Gasteiger partial charge < -0.3 is 89.9 Å². The molecule has 19 heteroatoms. The van der Waals surface area contributed by atoms with Crippen LogP contribution in [0.25, 0.3) is 0 Å².